The second-order valence-corrected chi connectivity index (χ2v) is 4.96. The quantitative estimate of drug-likeness (QED) is 0.891. The lowest BCUT2D eigenvalue weighted by Crippen LogP contribution is -2.31. The zero-order valence-electron chi connectivity index (χ0n) is 12.4. The molecule has 2 heterocycles. The van der Waals surface area contributed by atoms with Crippen LogP contribution in [-0.4, -0.2) is 27.3 Å². The van der Waals surface area contributed by atoms with Crippen LogP contribution in [0.5, 0.6) is 5.75 Å². The molecular weight excluding hydrogens is 282 g/mol. The molecule has 2 aromatic rings. The topological polar surface area (TPSA) is 95.1 Å². The number of amides is 1. The molecule has 7 heteroatoms. The molecule has 0 saturated heterocycles. The first-order valence-electron chi connectivity index (χ1n) is 7.01. The molecule has 1 aromatic carbocycles. The van der Waals surface area contributed by atoms with E-state index in [9.17, 15) is 4.79 Å². The third-order valence-electron chi connectivity index (χ3n) is 3.54. The number of fused-ring (bicyclic) bond motifs is 1. The Kier molecular flexibility index (Phi) is 3.54. The van der Waals surface area contributed by atoms with E-state index in [2.05, 4.69) is 15.4 Å². The summed E-state index contributed by atoms with van der Waals surface area (Å²) in [7, 11) is 0. The molecule has 0 bridgehead atoms. The Hall–Kier alpha value is -2.83. The van der Waals surface area contributed by atoms with Crippen LogP contribution in [0.15, 0.2) is 41.9 Å². The van der Waals surface area contributed by atoms with E-state index in [1.165, 1.54) is 6.33 Å². The second-order valence-electron chi connectivity index (χ2n) is 4.96. The van der Waals surface area contributed by atoms with Crippen molar-refractivity contribution >= 4 is 11.9 Å². The minimum absolute atomic E-state index is 0.420. The van der Waals surface area contributed by atoms with E-state index in [0.717, 1.165) is 11.3 Å². The van der Waals surface area contributed by atoms with Crippen LogP contribution in [-0.2, 0) is 4.79 Å². The number of nitrogens with two attached hydrogens (primary N) is 1. The zero-order chi connectivity index (χ0) is 15.7. The van der Waals surface area contributed by atoms with Gasteiger partial charge in [-0.3, -0.25) is 4.79 Å². The maximum atomic E-state index is 11.9. The van der Waals surface area contributed by atoms with Crippen LogP contribution in [0.4, 0.5) is 5.95 Å². The zero-order valence-corrected chi connectivity index (χ0v) is 12.4. The highest BCUT2D eigenvalue weighted by molar-refractivity contribution is 5.95. The van der Waals surface area contributed by atoms with Gasteiger partial charge in [-0.25, -0.2) is 4.68 Å². The third-order valence-corrected chi connectivity index (χ3v) is 3.54. The summed E-state index contributed by atoms with van der Waals surface area (Å²) in [4.78, 5) is 16.1. The van der Waals surface area contributed by atoms with Crippen LogP contribution in [0.3, 0.4) is 0 Å². The van der Waals surface area contributed by atoms with E-state index in [4.69, 9.17) is 10.5 Å². The minimum Gasteiger partial charge on any atom is -0.494 e. The monoisotopic (exact) mass is 299 g/mol. The van der Waals surface area contributed by atoms with Crippen molar-refractivity contribution in [3.63, 3.8) is 0 Å². The molecule has 1 aliphatic heterocycles. The molecule has 0 radical (unpaired) electrons. The molecule has 3 rings (SSSR count). The number of ether oxygens (including phenoxy) is 1. The van der Waals surface area contributed by atoms with Gasteiger partial charge in [0.15, 0.2) is 0 Å². The van der Waals surface area contributed by atoms with Gasteiger partial charge in [-0.15, -0.1) is 0 Å². The molecule has 0 aliphatic carbocycles. The Bertz CT molecular complexity index is 750. The molecule has 22 heavy (non-hydrogen) atoms. The van der Waals surface area contributed by atoms with E-state index in [-0.39, 0.29) is 0 Å². The Morgan fingerprint density at radius 1 is 1.50 bits per heavy atom. The lowest BCUT2D eigenvalue weighted by atomic mass is 9.95. The van der Waals surface area contributed by atoms with Crippen molar-refractivity contribution in [1.82, 2.24) is 14.8 Å². The van der Waals surface area contributed by atoms with Crippen molar-refractivity contribution < 1.29 is 9.53 Å². The molecule has 1 atom stereocenters. The fraction of sp³-hybridized carbons (Fsp3) is 0.267. The van der Waals surface area contributed by atoms with Crippen molar-refractivity contribution in [3.8, 4) is 5.75 Å². The van der Waals surface area contributed by atoms with Gasteiger partial charge in [0.1, 0.15) is 18.1 Å². The Morgan fingerprint density at radius 2 is 2.32 bits per heavy atom. The molecule has 1 aliphatic rings. The van der Waals surface area contributed by atoms with Gasteiger partial charge in [-0.05, 0) is 31.5 Å². The van der Waals surface area contributed by atoms with Crippen molar-refractivity contribution in [2.45, 2.75) is 19.9 Å². The summed E-state index contributed by atoms with van der Waals surface area (Å²) in [5, 5.41) is 7.27. The first-order chi connectivity index (χ1) is 10.6. The number of benzene rings is 1. The number of rotatable bonds is 4. The average molecular weight is 299 g/mol. The lowest BCUT2D eigenvalue weighted by molar-refractivity contribution is -0.115. The highest BCUT2D eigenvalue weighted by atomic mass is 16.5. The smallest absolute Gasteiger partial charge is 0.248 e. The van der Waals surface area contributed by atoms with Crippen molar-refractivity contribution in [2.75, 3.05) is 11.9 Å². The van der Waals surface area contributed by atoms with Crippen molar-refractivity contribution in [2.24, 2.45) is 5.73 Å². The van der Waals surface area contributed by atoms with Crippen LogP contribution in [0.1, 0.15) is 25.5 Å². The molecule has 1 amide bonds. The third kappa shape index (κ3) is 2.30. The molecule has 1 aromatic heterocycles. The molecule has 114 valence electrons. The number of hydrogen-bond acceptors (Lipinski definition) is 5. The molecule has 7 nitrogen and oxygen atoms in total. The van der Waals surface area contributed by atoms with E-state index in [1.54, 1.807) is 11.6 Å². The molecule has 0 spiro atoms. The Morgan fingerprint density at radius 3 is 3.05 bits per heavy atom. The highest BCUT2D eigenvalue weighted by Crippen LogP contribution is 2.35. The average Bonchev–Trinajstić information content (AvgIpc) is 2.93. The first-order valence-corrected chi connectivity index (χ1v) is 7.01. The number of primary amides is 1. The van der Waals surface area contributed by atoms with Gasteiger partial charge in [0.2, 0.25) is 11.9 Å². The number of nitrogens with one attached hydrogen (secondary N) is 1. The summed E-state index contributed by atoms with van der Waals surface area (Å²) < 4.78 is 7.19. The number of allylic oxidation sites excluding steroid dienone is 1. The van der Waals surface area contributed by atoms with Crippen LogP contribution < -0.4 is 15.8 Å². The van der Waals surface area contributed by atoms with Gasteiger partial charge < -0.3 is 15.8 Å². The van der Waals surface area contributed by atoms with Gasteiger partial charge >= 0.3 is 0 Å². The van der Waals surface area contributed by atoms with Crippen molar-refractivity contribution in [3.05, 3.63) is 47.4 Å². The van der Waals surface area contributed by atoms with E-state index in [0.29, 0.717) is 23.8 Å². The van der Waals surface area contributed by atoms with Crippen LogP contribution in [0.2, 0.25) is 0 Å². The first kappa shape index (κ1) is 14.1. The molecule has 0 fully saturated rings. The van der Waals surface area contributed by atoms with E-state index < -0.39 is 11.9 Å². The predicted molar refractivity (Wildman–Crippen MR) is 81.3 cm³/mol. The van der Waals surface area contributed by atoms with Gasteiger partial charge in [0, 0.05) is 5.70 Å². The number of carbonyl (C=O) groups excluding carboxylic acids is 1. The van der Waals surface area contributed by atoms with Gasteiger partial charge in [0.05, 0.1) is 12.2 Å². The summed E-state index contributed by atoms with van der Waals surface area (Å²) in [5.41, 5.74) is 7.59. The molecular formula is C15H17N5O2. The molecule has 0 unspecified atom stereocenters. The number of hydrogen-bond donors (Lipinski definition) is 2. The van der Waals surface area contributed by atoms with Gasteiger partial charge in [-0.2, -0.15) is 10.1 Å². The van der Waals surface area contributed by atoms with E-state index >= 15 is 0 Å². The number of anilines is 1. The van der Waals surface area contributed by atoms with Crippen LogP contribution >= 0.6 is 0 Å². The summed E-state index contributed by atoms with van der Waals surface area (Å²) in [5.74, 6) is 0.828. The van der Waals surface area contributed by atoms with E-state index in [1.807, 2.05) is 31.2 Å². The lowest BCUT2D eigenvalue weighted by Gasteiger charge is -2.27. The van der Waals surface area contributed by atoms with Crippen LogP contribution in [0, 0.1) is 0 Å². The largest absolute Gasteiger partial charge is 0.494 e. The molecule has 3 N–H and O–H groups in total. The van der Waals surface area contributed by atoms with Gasteiger partial charge in [-0.1, -0.05) is 12.1 Å². The summed E-state index contributed by atoms with van der Waals surface area (Å²) in [6.07, 6.45) is 1.44. The summed E-state index contributed by atoms with van der Waals surface area (Å²) in [6, 6.07) is 7.14. The van der Waals surface area contributed by atoms with Gasteiger partial charge in [0.25, 0.3) is 0 Å². The number of carbonyl (C=O) groups is 1. The SMILES string of the molecule is CCOc1cccc([C@@H]2C(C(N)=O)=C(C)Nc3ncnn32)c1. The fourth-order valence-corrected chi connectivity index (χ4v) is 2.66. The fourth-order valence-electron chi connectivity index (χ4n) is 2.66. The summed E-state index contributed by atoms with van der Waals surface area (Å²) >= 11 is 0. The highest BCUT2D eigenvalue weighted by Gasteiger charge is 2.32. The number of nitrogens with zero attached hydrogens (tertiary/aromatic N) is 3. The van der Waals surface area contributed by atoms with Crippen molar-refractivity contribution in [1.29, 1.82) is 0 Å². The Labute approximate surface area is 127 Å². The Balaban J connectivity index is 2.14. The predicted octanol–water partition coefficient (Wildman–Crippen LogP) is 1.45. The minimum atomic E-state index is -0.488. The maximum Gasteiger partial charge on any atom is 0.248 e. The maximum absolute atomic E-state index is 11.9. The second kappa shape index (κ2) is 5.51. The normalized spacial score (nSPS) is 16.9. The summed E-state index contributed by atoms with van der Waals surface area (Å²) in [6.45, 7) is 4.30. The number of aromatic nitrogens is 3. The molecule has 0 saturated carbocycles. The van der Waals surface area contributed by atoms with Crippen LogP contribution in [0.25, 0.3) is 0 Å². The standard InChI is InChI=1S/C15H17N5O2/c1-3-22-11-6-4-5-10(7-11)13-12(14(16)21)9(2)19-15-17-8-18-20(13)15/h4-8,13H,3H2,1-2H3,(H2,16,21)(H,17,18,19)/t13-/m1/s1.